The van der Waals surface area contributed by atoms with Gasteiger partial charge < -0.3 is 10.1 Å². The van der Waals surface area contributed by atoms with E-state index in [0.29, 0.717) is 16.7 Å². The number of amides is 2. The lowest BCUT2D eigenvalue weighted by molar-refractivity contribution is -0.0684. The molecule has 2 N–H and O–H groups in total. The number of sulfonamides is 1. The molecule has 3 aromatic heterocycles. The summed E-state index contributed by atoms with van der Waals surface area (Å²) in [5, 5.41) is 2.83. The Bertz CT molecular complexity index is 1740. The van der Waals surface area contributed by atoms with E-state index in [-0.39, 0.29) is 33.0 Å². The van der Waals surface area contributed by atoms with Gasteiger partial charge in [-0.05, 0) is 111 Å². The van der Waals surface area contributed by atoms with Crippen LogP contribution in [0, 0.1) is 0 Å². The fraction of sp³-hybridized carbons (Fsp3) is 0.469. The SMILES string of the molecule is CC(C)(C)OC(=O)N1C(CC(Nc2cccc(S(=O)(=O)NC(=O)c3ccc(Br)nc3Cl)n2)c2cc(C(C)(C)C)ccn2)CC1(C)C. The molecule has 1 aliphatic rings. The lowest BCUT2D eigenvalue weighted by Crippen LogP contribution is -2.66. The van der Waals surface area contributed by atoms with E-state index in [2.05, 4.69) is 57.0 Å². The van der Waals surface area contributed by atoms with Crippen LogP contribution in [0.2, 0.25) is 5.15 Å². The maximum absolute atomic E-state index is 13.3. The second kappa shape index (κ2) is 13.1. The summed E-state index contributed by atoms with van der Waals surface area (Å²) in [6.45, 7) is 15.8. The highest BCUT2D eigenvalue weighted by atomic mass is 79.9. The summed E-state index contributed by atoms with van der Waals surface area (Å²) in [5.74, 6) is -0.699. The molecule has 11 nitrogen and oxygen atoms in total. The highest BCUT2D eigenvalue weighted by Crippen LogP contribution is 2.42. The minimum Gasteiger partial charge on any atom is -0.444 e. The van der Waals surface area contributed by atoms with Crippen LogP contribution in [0.4, 0.5) is 10.6 Å². The highest BCUT2D eigenvalue weighted by molar-refractivity contribution is 9.10. The number of anilines is 1. The van der Waals surface area contributed by atoms with Gasteiger partial charge in [0.15, 0.2) is 5.03 Å². The first kappa shape index (κ1) is 35.6. The molecule has 0 saturated carbocycles. The monoisotopic (exact) mass is 734 g/mol. The van der Waals surface area contributed by atoms with E-state index < -0.39 is 39.2 Å². The van der Waals surface area contributed by atoms with E-state index in [9.17, 15) is 18.0 Å². The van der Waals surface area contributed by atoms with Gasteiger partial charge in [-0.25, -0.2) is 19.5 Å². The number of aromatic nitrogens is 3. The fourth-order valence-corrected chi connectivity index (χ4v) is 6.90. The Morgan fingerprint density at radius 3 is 2.41 bits per heavy atom. The van der Waals surface area contributed by atoms with Crippen molar-refractivity contribution in [2.24, 2.45) is 0 Å². The third-order valence-corrected chi connectivity index (χ3v) is 9.42. The summed E-state index contributed by atoms with van der Waals surface area (Å²) in [5.41, 5.74) is 0.456. The number of pyridine rings is 3. The van der Waals surface area contributed by atoms with E-state index in [0.717, 1.165) is 12.0 Å². The van der Waals surface area contributed by atoms with Crippen LogP contribution in [0.3, 0.4) is 0 Å². The van der Waals surface area contributed by atoms with Gasteiger partial charge in [0.25, 0.3) is 15.9 Å². The van der Waals surface area contributed by atoms with Gasteiger partial charge in [-0.1, -0.05) is 38.4 Å². The van der Waals surface area contributed by atoms with E-state index in [1.54, 1.807) is 17.2 Å². The first-order valence-corrected chi connectivity index (χ1v) is 17.4. The van der Waals surface area contributed by atoms with Crippen LogP contribution in [0.25, 0.3) is 0 Å². The average Bonchev–Trinajstić information content (AvgIpc) is 2.90. The Hall–Kier alpha value is -3.29. The molecule has 14 heteroatoms. The molecule has 0 aliphatic carbocycles. The Kier molecular flexibility index (Phi) is 10.1. The van der Waals surface area contributed by atoms with Gasteiger partial charge in [-0.2, -0.15) is 8.42 Å². The quantitative estimate of drug-likeness (QED) is 0.233. The van der Waals surface area contributed by atoms with Crippen LogP contribution in [-0.4, -0.2) is 57.5 Å². The van der Waals surface area contributed by atoms with Crippen LogP contribution in [0.1, 0.15) is 95.9 Å². The van der Waals surface area contributed by atoms with Crippen molar-refractivity contribution in [3.05, 3.63) is 75.2 Å². The minimum absolute atomic E-state index is 0.106. The summed E-state index contributed by atoms with van der Waals surface area (Å²) >= 11 is 9.21. The van der Waals surface area contributed by atoms with Gasteiger partial charge >= 0.3 is 6.09 Å². The van der Waals surface area contributed by atoms with Crippen LogP contribution in [0.5, 0.6) is 0 Å². The molecule has 1 fully saturated rings. The molecule has 2 amide bonds. The van der Waals surface area contributed by atoms with Gasteiger partial charge in [0.2, 0.25) is 0 Å². The van der Waals surface area contributed by atoms with Gasteiger partial charge in [-0.3, -0.25) is 14.7 Å². The molecule has 1 aliphatic heterocycles. The molecule has 0 spiro atoms. The first-order valence-electron chi connectivity index (χ1n) is 14.8. The first-order chi connectivity index (χ1) is 21.2. The number of carbonyl (C=O) groups excluding carboxylic acids is 2. The van der Waals surface area contributed by atoms with Crippen LogP contribution in [0.15, 0.2) is 58.3 Å². The Morgan fingerprint density at radius 1 is 1.11 bits per heavy atom. The summed E-state index contributed by atoms with van der Waals surface area (Å²) < 4.78 is 34.6. The van der Waals surface area contributed by atoms with Gasteiger partial charge in [0.05, 0.1) is 17.3 Å². The third-order valence-electron chi connectivity index (χ3n) is 7.46. The predicted octanol–water partition coefficient (Wildman–Crippen LogP) is 7.04. The Balaban J connectivity index is 1.64. The number of ether oxygens (including phenoxy) is 1. The molecule has 4 heterocycles. The van der Waals surface area contributed by atoms with Crippen LogP contribution in [-0.2, 0) is 20.2 Å². The largest absolute Gasteiger partial charge is 0.444 e. The number of rotatable bonds is 8. The maximum Gasteiger partial charge on any atom is 0.410 e. The van der Waals surface area contributed by atoms with Crippen molar-refractivity contribution in [2.75, 3.05) is 5.32 Å². The average molecular weight is 736 g/mol. The number of carbonyl (C=O) groups is 2. The molecule has 0 bridgehead atoms. The normalized spacial score (nSPS) is 17.1. The number of hydrogen-bond acceptors (Lipinski definition) is 9. The standard InChI is InChI=1S/C32H40BrClN6O5S/c1-30(2,3)19-14-15-35-22(16-19)23(17-20-18-32(7,8)40(20)29(42)45-31(4,5)6)36-25-10-9-11-26(38-25)46(43,44)39-28(41)21-12-13-24(33)37-27(21)34/h9-16,20,23H,17-18H2,1-8H3,(H,36,38)(H,39,41). The molecule has 0 aromatic carbocycles. The minimum atomic E-state index is -4.39. The zero-order chi connectivity index (χ0) is 34.2. The maximum atomic E-state index is 13.3. The Labute approximate surface area is 284 Å². The molecule has 2 atom stereocenters. The van der Waals surface area contributed by atoms with Crippen molar-refractivity contribution in [3.8, 4) is 0 Å². The molecular formula is C32H40BrClN6O5S. The van der Waals surface area contributed by atoms with Gasteiger partial charge in [0, 0.05) is 17.8 Å². The molecule has 0 radical (unpaired) electrons. The van der Waals surface area contributed by atoms with Crippen molar-refractivity contribution in [1.29, 1.82) is 0 Å². The Morgan fingerprint density at radius 2 is 1.80 bits per heavy atom. The smallest absolute Gasteiger partial charge is 0.410 e. The number of nitrogens with one attached hydrogen (secondary N) is 2. The zero-order valence-electron chi connectivity index (χ0n) is 27.2. The van der Waals surface area contributed by atoms with Crippen LogP contribution < -0.4 is 10.0 Å². The van der Waals surface area contributed by atoms with E-state index in [1.165, 1.54) is 24.3 Å². The van der Waals surface area contributed by atoms with Crippen molar-refractivity contribution >= 4 is 55.4 Å². The summed E-state index contributed by atoms with van der Waals surface area (Å²) in [6.07, 6.45) is 2.53. The third kappa shape index (κ3) is 8.54. The number of halogens is 2. The molecule has 2 unspecified atom stereocenters. The molecule has 4 rings (SSSR count). The second-order valence-electron chi connectivity index (χ2n) is 13.9. The van der Waals surface area contributed by atoms with E-state index >= 15 is 0 Å². The molecule has 1 saturated heterocycles. The van der Waals surface area contributed by atoms with Crippen molar-refractivity contribution < 1.29 is 22.7 Å². The topological polar surface area (TPSA) is 143 Å². The molecule has 3 aromatic rings. The predicted molar refractivity (Wildman–Crippen MR) is 180 cm³/mol. The fourth-order valence-electron chi connectivity index (χ4n) is 5.31. The highest BCUT2D eigenvalue weighted by Gasteiger charge is 2.50. The summed E-state index contributed by atoms with van der Waals surface area (Å²) in [6, 6.07) is 10.6. The zero-order valence-corrected chi connectivity index (χ0v) is 30.3. The second-order valence-corrected chi connectivity index (χ2v) is 16.7. The van der Waals surface area contributed by atoms with E-state index in [4.69, 9.17) is 16.3 Å². The van der Waals surface area contributed by atoms with Crippen molar-refractivity contribution in [1.82, 2.24) is 24.6 Å². The van der Waals surface area contributed by atoms with Crippen molar-refractivity contribution in [3.63, 3.8) is 0 Å². The van der Waals surface area contributed by atoms with E-state index in [1.807, 2.05) is 51.5 Å². The molecular weight excluding hydrogens is 696 g/mol. The molecule has 248 valence electrons. The summed E-state index contributed by atoms with van der Waals surface area (Å²) in [7, 11) is -4.39. The van der Waals surface area contributed by atoms with Crippen LogP contribution >= 0.6 is 27.5 Å². The van der Waals surface area contributed by atoms with Gasteiger partial charge in [-0.15, -0.1) is 0 Å². The number of nitrogens with zero attached hydrogens (tertiary/aromatic N) is 4. The molecule has 46 heavy (non-hydrogen) atoms. The lowest BCUT2D eigenvalue weighted by atomic mass is 9.78. The number of hydrogen-bond donors (Lipinski definition) is 2. The summed E-state index contributed by atoms with van der Waals surface area (Å²) in [4.78, 5) is 40.7. The van der Waals surface area contributed by atoms with Gasteiger partial charge in [0.1, 0.15) is 21.2 Å². The lowest BCUT2D eigenvalue weighted by Gasteiger charge is -2.55. The van der Waals surface area contributed by atoms with Crippen molar-refractivity contribution in [2.45, 2.75) is 102 Å². The number of likely N-dealkylation sites (tertiary alicyclic amines) is 1.